The van der Waals surface area contributed by atoms with Crippen LogP contribution in [0, 0.1) is 17.3 Å². The molecule has 0 heterocycles. The van der Waals surface area contributed by atoms with E-state index in [2.05, 4.69) is 51.8 Å². The lowest BCUT2D eigenvalue weighted by molar-refractivity contribution is 0.0852. The molecule has 2 heteroatoms. The maximum absolute atomic E-state index is 3.74. The Kier molecular flexibility index (Phi) is 8.26. The first kappa shape index (κ1) is 19.0. The normalized spacial score (nSPS) is 19.1. The van der Waals surface area contributed by atoms with Crippen molar-refractivity contribution in [1.82, 2.24) is 10.2 Å². The molecule has 21 heavy (non-hydrogen) atoms. The van der Waals surface area contributed by atoms with Gasteiger partial charge in [0.15, 0.2) is 0 Å². The maximum atomic E-state index is 3.74. The van der Waals surface area contributed by atoms with Crippen LogP contribution in [0.5, 0.6) is 0 Å². The first-order valence-corrected chi connectivity index (χ1v) is 9.29. The van der Waals surface area contributed by atoms with Gasteiger partial charge in [0.05, 0.1) is 0 Å². The van der Waals surface area contributed by atoms with E-state index in [-0.39, 0.29) is 0 Å². The highest BCUT2D eigenvalue weighted by Gasteiger charge is 2.34. The zero-order valence-corrected chi connectivity index (χ0v) is 15.5. The molecule has 0 spiro atoms. The smallest absolute Gasteiger partial charge is 0.00504 e. The fourth-order valence-electron chi connectivity index (χ4n) is 3.82. The molecule has 126 valence electrons. The summed E-state index contributed by atoms with van der Waals surface area (Å²) in [5.41, 5.74) is 0.520. The summed E-state index contributed by atoms with van der Waals surface area (Å²) in [4.78, 5) is 2.75. The Balaban J connectivity index is 2.70. The fraction of sp³-hybridized carbons (Fsp3) is 1.00. The second-order valence-electron chi connectivity index (χ2n) is 8.58. The van der Waals surface area contributed by atoms with Crippen molar-refractivity contribution in [2.24, 2.45) is 17.3 Å². The van der Waals surface area contributed by atoms with Gasteiger partial charge in [-0.1, -0.05) is 60.8 Å². The third kappa shape index (κ3) is 7.65. The highest BCUT2D eigenvalue weighted by Crippen LogP contribution is 2.37. The van der Waals surface area contributed by atoms with Crippen LogP contribution >= 0.6 is 0 Å². The third-order valence-electron chi connectivity index (χ3n) is 4.61. The predicted molar refractivity (Wildman–Crippen MR) is 94.8 cm³/mol. The maximum Gasteiger partial charge on any atom is 0.00504 e. The highest BCUT2D eigenvalue weighted by molar-refractivity contribution is 4.88. The van der Waals surface area contributed by atoms with Crippen LogP contribution in [-0.2, 0) is 0 Å². The summed E-state index contributed by atoms with van der Waals surface area (Å²) in [7, 11) is 0. The Bertz CT molecular complexity index is 255. The fourth-order valence-corrected chi connectivity index (χ4v) is 3.82. The highest BCUT2D eigenvalue weighted by atomic mass is 15.1. The van der Waals surface area contributed by atoms with Gasteiger partial charge < -0.3 is 10.2 Å². The van der Waals surface area contributed by atoms with E-state index in [1.165, 1.54) is 58.3 Å². The predicted octanol–water partition coefficient (Wildman–Crippen LogP) is 4.55. The first-order valence-electron chi connectivity index (χ1n) is 9.29. The lowest BCUT2D eigenvalue weighted by Crippen LogP contribution is -2.48. The van der Waals surface area contributed by atoms with Crippen LogP contribution in [0.3, 0.4) is 0 Å². The molecule has 1 aliphatic rings. The van der Waals surface area contributed by atoms with E-state index in [4.69, 9.17) is 0 Å². The van der Waals surface area contributed by atoms with Gasteiger partial charge in [0.25, 0.3) is 0 Å². The van der Waals surface area contributed by atoms with Crippen molar-refractivity contribution in [2.45, 2.75) is 79.7 Å². The topological polar surface area (TPSA) is 15.3 Å². The molecule has 0 saturated heterocycles. The molecule has 0 aromatic carbocycles. The van der Waals surface area contributed by atoms with Gasteiger partial charge in [-0.3, -0.25) is 0 Å². The number of nitrogens with one attached hydrogen (secondary N) is 1. The van der Waals surface area contributed by atoms with E-state index < -0.39 is 0 Å². The van der Waals surface area contributed by atoms with Crippen LogP contribution in [0.25, 0.3) is 0 Å². The lowest BCUT2D eigenvalue weighted by atomic mass is 9.73. The Morgan fingerprint density at radius 2 is 1.38 bits per heavy atom. The van der Waals surface area contributed by atoms with Crippen molar-refractivity contribution in [3.8, 4) is 0 Å². The van der Waals surface area contributed by atoms with Gasteiger partial charge in [-0.15, -0.1) is 0 Å². The molecule has 0 radical (unpaired) electrons. The van der Waals surface area contributed by atoms with E-state index in [9.17, 15) is 0 Å². The van der Waals surface area contributed by atoms with Crippen molar-refractivity contribution in [3.63, 3.8) is 0 Å². The summed E-state index contributed by atoms with van der Waals surface area (Å²) in [5, 5.41) is 3.74. The van der Waals surface area contributed by atoms with Gasteiger partial charge in [0.1, 0.15) is 0 Å². The molecule has 0 aromatic heterocycles. The number of rotatable bonds is 9. The van der Waals surface area contributed by atoms with Crippen LogP contribution in [0.4, 0.5) is 0 Å². The van der Waals surface area contributed by atoms with Gasteiger partial charge in [0, 0.05) is 32.2 Å². The standard InChI is InChI=1S/C19H40N2/c1-16(2)12-21(13-17(3)4)15-19(14-20-18(5)6)10-8-7-9-11-19/h16-18,20H,7-15H2,1-6H3. The Morgan fingerprint density at radius 3 is 1.81 bits per heavy atom. The van der Waals surface area contributed by atoms with Gasteiger partial charge in [-0.05, 0) is 30.1 Å². The second-order valence-corrected chi connectivity index (χ2v) is 8.58. The summed E-state index contributed by atoms with van der Waals surface area (Å²) in [6.07, 6.45) is 7.13. The van der Waals surface area contributed by atoms with Gasteiger partial charge in [-0.2, -0.15) is 0 Å². The van der Waals surface area contributed by atoms with Crippen LogP contribution in [0.1, 0.15) is 73.6 Å². The molecule has 1 fully saturated rings. The zero-order valence-electron chi connectivity index (χ0n) is 15.5. The largest absolute Gasteiger partial charge is 0.314 e. The molecule has 0 unspecified atom stereocenters. The molecule has 0 aromatic rings. The van der Waals surface area contributed by atoms with Crippen molar-refractivity contribution >= 4 is 0 Å². The SMILES string of the molecule is CC(C)CN(CC(C)C)CC1(CNC(C)C)CCCCC1. The van der Waals surface area contributed by atoms with Crippen LogP contribution < -0.4 is 5.32 Å². The second kappa shape index (κ2) is 9.15. The molecule has 2 nitrogen and oxygen atoms in total. The lowest BCUT2D eigenvalue weighted by Gasteiger charge is -2.43. The molecular weight excluding hydrogens is 256 g/mol. The summed E-state index contributed by atoms with van der Waals surface area (Å²) >= 11 is 0. The zero-order chi connectivity index (χ0) is 15.9. The monoisotopic (exact) mass is 296 g/mol. The van der Waals surface area contributed by atoms with E-state index in [1.807, 2.05) is 0 Å². The third-order valence-corrected chi connectivity index (χ3v) is 4.61. The molecule has 1 saturated carbocycles. The van der Waals surface area contributed by atoms with Gasteiger partial charge >= 0.3 is 0 Å². The number of nitrogens with zero attached hydrogens (tertiary/aromatic N) is 1. The average Bonchev–Trinajstić information content (AvgIpc) is 2.36. The minimum Gasteiger partial charge on any atom is -0.314 e. The quantitative estimate of drug-likeness (QED) is 0.671. The number of hydrogen-bond donors (Lipinski definition) is 1. The van der Waals surface area contributed by atoms with E-state index >= 15 is 0 Å². The van der Waals surface area contributed by atoms with E-state index in [1.54, 1.807) is 0 Å². The Hall–Kier alpha value is -0.0800. The summed E-state index contributed by atoms with van der Waals surface area (Å²) in [6, 6.07) is 0.604. The summed E-state index contributed by atoms with van der Waals surface area (Å²) in [5.74, 6) is 1.53. The summed E-state index contributed by atoms with van der Waals surface area (Å²) < 4.78 is 0. The molecule has 0 aliphatic heterocycles. The average molecular weight is 297 g/mol. The minimum atomic E-state index is 0.520. The molecule has 0 atom stereocenters. The molecule has 1 N–H and O–H groups in total. The van der Waals surface area contributed by atoms with Crippen molar-refractivity contribution in [3.05, 3.63) is 0 Å². The first-order chi connectivity index (χ1) is 9.83. The summed E-state index contributed by atoms with van der Waals surface area (Å²) in [6.45, 7) is 19.0. The minimum absolute atomic E-state index is 0.520. The molecule has 0 amide bonds. The Morgan fingerprint density at radius 1 is 0.857 bits per heavy atom. The number of hydrogen-bond acceptors (Lipinski definition) is 2. The molecular formula is C19H40N2. The van der Waals surface area contributed by atoms with Gasteiger partial charge in [-0.25, -0.2) is 0 Å². The van der Waals surface area contributed by atoms with Gasteiger partial charge in [0.2, 0.25) is 0 Å². The van der Waals surface area contributed by atoms with Crippen molar-refractivity contribution in [1.29, 1.82) is 0 Å². The van der Waals surface area contributed by atoms with E-state index in [0.717, 1.165) is 11.8 Å². The van der Waals surface area contributed by atoms with Crippen molar-refractivity contribution in [2.75, 3.05) is 26.2 Å². The van der Waals surface area contributed by atoms with Crippen LogP contribution in [-0.4, -0.2) is 37.1 Å². The van der Waals surface area contributed by atoms with Crippen molar-refractivity contribution < 1.29 is 0 Å². The van der Waals surface area contributed by atoms with Crippen LogP contribution in [0.2, 0.25) is 0 Å². The molecule has 1 rings (SSSR count). The molecule has 0 bridgehead atoms. The van der Waals surface area contributed by atoms with E-state index in [0.29, 0.717) is 11.5 Å². The Labute approximate surface area is 134 Å². The molecule has 1 aliphatic carbocycles. The van der Waals surface area contributed by atoms with Crippen LogP contribution in [0.15, 0.2) is 0 Å².